The number of nitrogens with one attached hydrogen (secondary N) is 1. The van der Waals surface area contributed by atoms with E-state index in [9.17, 15) is 0 Å². The Labute approximate surface area is 143 Å². The number of imidazole rings is 1. The van der Waals surface area contributed by atoms with Gasteiger partial charge in [0.25, 0.3) is 0 Å². The van der Waals surface area contributed by atoms with Crippen LogP contribution in [0.2, 0.25) is 0 Å². The minimum absolute atomic E-state index is 0.590. The first kappa shape index (κ1) is 16.5. The van der Waals surface area contributed by atoms with Crippen molar-refractivity contribution in [3.8, 4) is 5.69 Å². The van der Waals surface area contributed by atoms with Crippen LogP contribution in [0.3, 0.4) is 0 Å². The quantitative estimate of drug-likeness (QED) is 0.673. The first-order valence-corrected chi connectivity index (χ1v) is 8.32. The fourth-order valence-corrected chi connectivity index (χ4v) is 3.22. The van der Waals surface area contributed by atoms with E-state index < -0.39 is 0 Å². The molecule has 1 unspecified atom stereocenters. The van der Waals surface area contributed by atoms with Gasteiger partial charge in [0.05, 0.1) is 18.6 Å². The normalized spacial score (nSPS) is 18.2. The molecule has 0 spiro atoms. The molecule has 6 nitrogen and oxygen atoms in total. The van der Waals surface area contributed by atoms with Crippen molar-refractivity contribution in [3.63, 3.8) is 0 Å². The maximum Gasteiger partial charge on any atom is 0.193 e. The number of nitrogens with zero attached hydrogens (tertiary/aromatic N) is 4. The molecule has 1 aliphatic heterocycles. The van der Waals surface area contributed by atoms with E-state index in [1.54, 1.807) is 13.3 Å². The van der Waals surface area contributed by atoms with Gasteiger partial charge in [0.15, 0.2) is 5.96 Å². The van der Waals surface area contributed by atoms with E-state index in [-0.39, 0.29) is 0 Å². The fourth-order valence-electron chi connectivity index (χ4n) is 3.22. The van der Waals surface area contributed by atoms with Crippen LogP contribution in [0.1, 0.15) is 12.0 Å². The second kappa shape index (κ2) is 7.97. The molecule has 1 aromatic carbocycles. The number of methoxy groups -OCH3 is 1. The molecule has 0 bridgehead atoms. The number of hydrogen-bond acceptors (Lipinski definition) is 3. The van der Waals surface area contributed by atoms with E-state index in [4.69, 9.17) is 4.74 Å². The molecule has 2 aromatic rings. The van der Waals surface area contributed by atoms with Crippen molar-refractivity contribution in [2.75, 3.05) is 33.9 Å². The Kier molecular flexibility index (Phi) is 5.48. The summed E-state index contributed by atoms with van der Waals surface area (Å²) >= 11 is 0. The lowest BCUT2D eigenvalue weighted by atomic mass is 10.1. The highest BCUT2D eigenvalue weighted by atomic mass is 16.5. The highest BCUT2D eigenvalue weighted by Gasteiger charge is 2.24. The molecule has 0 amide bonds. The van der Waals surface area contributed by atoms with E-state index in [1.165, 1.54) is 5.56 Å². The van der Waals surface area contributed by atoms with Gasteiger partial charge in [-0.25, -0.2) is 4.98 Å². The van der Waals surface area contributed by atoms with Gasteiger partial charge in [-0.3, -0.25) is 4.99 Å². The molecule has 1 atom stereocenters. The Morgan fingerprint density at radius 1 is 1.42 bits per heavy atom. The third-order valence-corrected chi connectivity index (χ3v) is 4.41. The Bertz CT molecular complexity index is 668. The van der Waals surface area contributed by atoms with Gasteiger partial charge in [0.2, 0.25) is 0 Å². The van der Waals surface area contributed by atoms with Crippen LogP contribution < -0.4 is 5.32 Å². The lowest BCUT2D eigenvalue weighted by Gasteiger charge is -2.22. The van der Waals surface area contributed by atoms with Crippen molar-refractivity contribution in [3.05, 3.63) is 48.5 Å². The molecule has 0 radical (unpaired) electrons. The fraction of sp³-hybridized carbons (Fsp3) is 0.444. The minimum atomic E-state index is 0.590. The number of ether oxygens (including phenoxy) is 1. The molecule has 24 heavy (non-hydrogen) atoms. The molecule has 2 heterocycles. The molecule has 1 saturated heterocycles. The number of guanidine groups is 1. The zero-order valence-corrected chi connectivity index (χ0v) is 14.4. The van der Waals surface area contributed by atoms with Gasteiger partial charge in [-0.05, 0) is 18.1 Å². The maximum atomic E-state index is 5.28. The number of aliphatic imine (C=N–C) groups is 1. The highest BCUT2D eigenvalue weighted by Crippen LogP contribution is 2.17. The molecule has 0 saturated carbocycles. The van der Waals surface area contributed by atoms with Gasteiger partial charge in [-0.2, -0.15) is 0 Å². The molecular formula is C18H25N5O. The maximum absolute atomic E-state index is 5.28. The Hall–Kier alpha value is -2.34. The predicted molar refractivity (Wildman–Crippen MR) is 95.3 cm³/mol. The van der Waals surface area contributed by atoms with Crippen molar-refractivity contribution in [2.45, 2.75) is 13.0 Å². The highest BCUT2D eigenvalue weighted by molar-refractivity contribution is 5.80. The van der Waals surface area contributed by atoms with Crippen LogP contribution in [0.25, 0.3) is 5.69 Å². The average Bonchev–Trinajstić information content (AvgIpc) is 3.28. The number of hydrogen-bond donors (Lipinski definition) is 1. The summed E-state index contributed by atoms with van der Waals surface area (Å²) in [6.45, 7) is 3.57. The number of benzene rings is 1. The van der Waals surface area contributed by atoms with Gasteiger partial charge in [-0.1, -0.05) is 18.2 Å². The molecule has 128 valence electrons. The zero-order chi connectivity index (χ0) is 16.8. The molecule has 1 aliphatic rings. The lowest BCUT2D eigenvalue weighted by molar-refractivity contribution is 0.157. The predicted octanol–water partition coefficient (Wildman–Crippen LogP) is 1.92. The summed E-state index contributed by atoms with van der Waals surface area (Å²) in [5.74, 6) is 1.54. The summed E-state index contributed by atoms with van der Waals surface area (Å²) in [5.41, 5.74) is 2.35. The molecular weight excluding hydrogens is 302 g/mol. The summed E-state index contributed by atoms with van der Waals surface area (Å²) in [7, 11) is 3.61. The Balaban J connectivity index is 1.65. The third-order valence-electron chi connectivity index (χ3n) is 4.41. The van der Waals surface area contributed by atoms with Crippen LogP contribution in [-0.4, -0.2) is 54.3 Å². The standard InChI is InChI=1S/C18H25N5O/c1-19-18(22-9-7-15(12-22)13-24-2)21-11-16-5-3-4-6-17(16)23-10-8-20-14-23/h3-6,8,10,14-15H,7,9,11-13H2,1-2H3,(H,19,21). The van der Waals surface area contributed by atoms with E-state index in [0.29, 0.717) is 5.92 Å². The van der Waals surface area contributed by atoms with Crippen molar-refractivity contribution in [2.24, 2.45) is 10.9 Å². The van der Waals surface area contributed by atoms with Crippen LogP contribution in [0.4, 0.5) is 0 Å². The first-order valence-electron chi connectivity index (χ1n) is 8.32. The van der Waals surface area contributed by atoms with E-state index in [2.05, 4.69) is 38.4 Å². The van der Waals surface area contributed by atoms with E-state index in [1.807, 2.05) is 30.2 Å². The summed E-state index contributed by atoms with van der Waals surface area (Å²) in [5, 5.41) is 3.49. The molecule has 3 rings (SSSR count). The lowest BCUT2D eigenvalue weighted by Crippen LogP contribution is -2.40. The van der Waals surface area contributed by atoms with Gasteiger partial charge in [-0.15, -0.1) is 0 Å². The topological polar surface area (TPSA) is 54.7 Å². The van der Waals surface area contributed by atoms with Crippen molar-refractivity contribution in [1.29, 1.82) is 0 Å². The summed E-state index contributed by atoms with van der Waals surface area (Å²) < 4.78 is 7.31. The smallest absolute Gasteiger partial charge is 0.193 e. The Morgan fingerprint density at radius 3 is 3.04 bits per heavy atom. The first-order chi connectivity index (χ1) is 11.8. The van der Waals surface area contributed by atoms with Gasteiger partial charge < -0.3 is 19.5 Å². The van der Waals surface area contributed by atoms with Crippen molar-refractivity contribution >= 4 is 5.96 Å². The van der Waals surface area contributed by atoms with Crippen molar-refractivity contribution < 1.29 is 4.74 Å². The summed E-state index contributed by atoms with van der Waals surface area (Å²) in [4.78, 5) is 10.9. The molecule has 0 aliphatic carbocycles. The summed E-state index contributed by atoms with van der Waals surface area (Å²) in [6, 6.07) is 8.34. The van der Waals surface area contributed by atoms with Crippen molar-refractivity contribution in [1.82, 2.24) is 19.8 Å². The van der Waals surface area contributed by atoms with E-state index in [0.717, 1.165) is 44.3 Å². The minimum Gasteiger partial charge on any atom is -0.384 e. The van der Waals surface area contributed by atoms with Gasteiger partial charge in [0.1, 0.15) is 0 Å². The van der Waals surface area contributed by atoms with E-state index >= 15 is 0 Å². The summed E-state index contributed by atoms with van der Waals surface area (Å²) in [6.07, 6.45) is 6.73. The number of rotatable bonds is 5. The van der Waals surface area contributed by atoms with Crippen LogP contribution in [0, 0.1) is 5.92 Å². The Morgan fingerprint density at radius 2 is 2.29 bits per heavy atom. The van der Waals surface area contributed by atoms with Crippen LogP contribution in [0.5, 0.6) is 0 Å². The number of para-hydroxylation sites is 1. The van der Waals surface area contributed by atoms with Crippen LogP contribution in [-0.2, 0) is 11.3 Å². The van der Waals surface area contributed by atoms with Gasteiger partial charge >= 0.3 is 0 Å². The molecule has 1 fully saturated rings. The second-order valence-electron chi connectivity index (χ2n) is 6.06. The molecule has 6 heteroatoms. The number of likely N-dealkylation sites (tertiary alicyclic amines) is 1. The second-order valence-corrected chi connectivity index (χ2v) is 6.06. The van der Waals surface area contributed by atoms with Crippen LogP contribution in [0.15, 0.2) is 48.0 Å². The molecule has 1 N–H and O–H groups in total. The SMILES string of the molecule is CN=C(NCc1ccccc1-n1ccnc1)N1CCC(COC)C1. The number of aromatic nitrogens is 2. The zero-order valence-electron chi connectivity index (χ0n) is 14.4. The van der Waals surface area contributed by atoms with Crippen LogP contribution >= 0.6 is 0 Å². The van der Waals surface area contributed by atoms with Gasteiger partial charge in [0, 0.05) is 52.1 Å². The monoisotopic (exact) mass is 327 g/mol. The molecule has 1 aromatic heterocycles. The largest absolute Gasteiger partial charge is 0.384 e. The third kappa shape index (κ3) is 3.76. The average molecular weight is 327 g/mol.